The van der Waals surface area contributed by atoms with Gasteiger partial charge in [-0.3, -0.25) is 0 Å². The number of aromatic nitrogens is 2. The minimum absolute atomic E-state index is 0.438. The van der Waals surface area contributed by atoms with E-state index in [0.717, 1.165) is 33.6 Å². The molecule has 2 rings (SSSR count). The van der Waals surface area contributed by atoms with Crippen molar-refractivity contribution in [3.63, 3.8) is 0 Å². The summed E-state index contributed by atoms with van der Waals surface area (Å²) < 4.78 is 9.68. The van der Waals surface area contributed by atoms with Crippen LogP contribution >= 0.6 is 31.9 Å². The highest BCUT2D eigenvalue weighted by Gasteiger charge is 2.10. The molecule has 1 N–H and O–H groups in total. The van der Waals surface area contributed by atoms with E-state index >= 15 is 0 Å². The number of imidazole rings is 1. The first-order valence-electron chi connectivity index (χ1n) is 6.39. The summed E-state index contributed by atoms with van der Waals surface area (Å²) in [5.41, 5.74) is 1.20. The number of hydrogen-bond acceptors (Lipinski definition) is 3. The van der Waals surface area contributed by atoms with Gasteiger partial charge in [0.05, 0.1) is 8.95 Å². The maximum atomic E-state index is 5.85. The van der Waals surface area contributed by atoms with E-state index < -0.39 is 0 Å². The van der Waals surface area contributed by atoms with Crippen molar-refractivity contribution >= 4 is 31.9 Å². The third kappa shape index (κ3) is 3.84. The molecular formula is C14H17Br2N3O. The summed E-state index contributed by atoms with van der Waals surface area (Å²) in [6, 6.07) is 4.14. The van der Waals surface area contributed by atoms with Crippen LogP contribution in [0.15, 0.2) is 33.5 Å². The molecule has 0 aliphatic carbocycles. The van der Waals surface area contributed by atoms with E-state index in [-0.39, 0.29) is 0 Å². The lowest BCUT2D eigenvalue weighted by atomic mass is 10.2. The summed E-state index contributed by atoms with van der Waals surface area (Å²) in [6.07, 6.45) is 3.67. The molecule has 6 heteroatoms. The molecule has 0 atom stereocenters. The Bertz CT molecular complexity index is 561. The summed E-state index contributed by atoms with van der Waals surface area (Å²) in [7, 11) is 1.95. The number of nitrogens with one attached hydrogen (secondary N) is 1. The second-order valence-corrected chi connectivity index (χ2v) is 6.12. The first-order chi connectivity index (χ1) is 9.61. The van der Waals surface area contributed by atoms with Gasteiger partial charge in [-0.25, -0.2) is 4.98 Å². The van der Waals surface area contributed by atoms with Crippen molar-refractivity contribution in [2.75, 3.05) is 6.54 Å². The third-order valence-corrected chi connectivity index (χ3v) is 4.08. The molecule has 0 spiro atoms. The van der Waals surface area contributed by atoms with Gasteiger partial charge in [-0.15, -0.1) is 0 Å². The minimum atomic E-state index is 0.438. The van der Waals surface area contributed by atoms with Crippen LogP contribution in [0.3, 0.4) is 0 Å². The van der Waals surface area contributed by atoms with Gasteiger partial charge >= 0.3 is 0 Å². The standard InChI is InChI=1S/C14H17Br2N3O/c1-3-17-8-10-6-11(15)14(12(16)7-10)20-9-13-18-4-5-19(13)2/h4-7,17H,3,8-9H2,1-2H3. The maximum absolute atomic E-state index is 5.85. The first-order valence-corrected chi connectivity index (χ1v) is 7.98. The SMILES string of the molecule is CCNCc1cc(Br)c(OCc2nccn2C)c(Br)c1. The van der Waals surface area contributed by atoms with Crippen LogP contribution in [-0.4, -0.2) is 16.1 Å². The molecule has 0 bridgehead atoms. The summed E-state index contributed by atoms with van der Waals surface area (Å²) in [5.74, 6) is 1.69. The van der Waals surface area contributed by atoms with Gasteiger partial charge in [0.25, 0.3) is 0 Å². The van der Waals surface area contributed by atoms with Gasteiger partial charge in [0, 0.05) is 26.0 Å². The van der Waals surface area contributed by atoms with Crippen molar-refractivity contribution in [2.24, 2.45) is 7.05 Å². The molecule has 1 aromatic carbocycles. The predicted octanol–water partition coefficient (Wildman–Crippen LogP) is 3.63. The average Bonchev–Trinajstić information content (AvgIpc) is 2.81. The Hall–Kier alpha value is -0.850. The molecule has 0 fully saturated rings. The highest BCUT2D eigenvalue weighted by molar-refractivity contribution is 9.11. The Kier molecular flexibility index (Phi) is 5.63. The van der Waals surface area contributed by atoms with E-state index in [1.165, 1.54) is 5.56 Å². The van der Waals surface area contributed by atoms with Crippen molar-refractivity contribution in [3.05, 3.63) is 44.9 Å². The fraction of sp³-hybridized carbons (Fsp3) is 0.357. The molecule has 0 aliphatic heterocycles. The molecule has 0 saturated carbocycles. The van der Waals surface area contributed by atoms with Gasteiger partial charge in [-0.1, -0.05) is 6.92 Å². The van der Waals surface area contributed by atoms with Crippen LogP contribution in [0, 0.1) is 0 Å². The van der Waals surface area contributed by atoms with Crippen LogP contribution in [-0.2, 0) is 20.2 Å². The van der Waals surface area contributed by atoms with E-state index in [2.05, 4.69) is 61.2 Å². The zero-order chi connectivity index (χ0) is 14.5. The van der Waals surface area contributed by atoms with Gasteiger partial charge < -0.3 is 14.6 Å². The molecule has 20 heavy (non-hydrogen) atoms. The van der Waals surface area contributed by atoms with Gasteiger partial charge in [0.2, 0.25) is 0 Å². The van der Waals surface area contributed by atoms with Crippen molar-refractivity contribution < 1.29 is 4.74 Å². The number of benzene rings is 1. The molecule has 2 aromatic rings. The van der Waals surface area contributed by atoms with Crippen LogP contribution in [0.1, 0.15) is 18.3 Å². The average molecular weight is 403 g/mol. The fourth-order valence-corrected chi connectivity index (χ4v) is 3.30. The van der Waals surface area contributed by atoms with Crippen LogP contribution in [0.4, 0.5) is 0 Å². The lowest BCUT2D eigenvalue weighted by Gasteiger charge is -2.12. The zero-order valence-corrected chi connectivity index (χ0v) is 14.7. The normalized spacial score (nSPS) is 10.8. The Labute approximate surface area is 135 Å². The van der Waals surface area contributed by atoms with Crippen molar-refractivity contribution in [3.8, 4) is 5.75 Å². The summed E-state index contributed by atoms with van der Waals surface area (Å²) in [4.78, 5) is 4.25. The van der Waals surface area contributed by atoms with E-state index in [0.29, 0.717) is 6.61 Å². The van der Waals surface area contributed by atoms with E-state index in [9.17, 15) is 0 Å². The molecule has 4 nitrogen and oxygen atoms in total. The van der Waals surface area contributed by atoms with Crippen LogP contribution < -0.4 is 10.1 Å². The molecule has 0 radical (unpaired) electrons. The Morgan fingerprint density at radius 1 is 1.30 bits per heavy atom. The fourth-order valence-electron chi connectivity index (χ4n) is 1.79. The molecule has 1 aromatic heterocycles. The number of rotatable bonds is 6. The Balaban J connectivity index is 2.10. The highest BCUT2D eigenvalue weighted by atomic mass is 79.9. The van der Waals surface area contributed by atoms with Crippen LogP contribution in [0.2, 0.25) is 0 Å². The topological polar surface area (TPSA) is 39.1 Å². The van der Waals surface area contributed by atoms with Crippen LogP contribution in [0.25, 0.3) is 0 Å². The van der Waals surface area contributed by atoms with E-state index in [1.807, 2.05) is 17.8 Å². The van der Waals surface area contributed by atoms with Gasteiger partial charge in [0.1, 0.15) is 18.2 Å². The molecule has 0 saturated heterocycles. The maximum Gasteiger partial charge on any atom is 0.148 e. The molecule has 1 heterocycles. The molecule has 0 unspecified atom stereocenters. The number of halogens is 2. The number of aryl methyl sites for hydroxylation is 1. The van der Waals surface area contributed by atoms with Crippen molar-refractivity contribution in [1.82, 2.24) is 14.9 Å². The smallest absolute Gasteiger partial charge is 0.148 e. The lowest BCUT2D eigenvalue weighted by Crippen LogP contribution is -2.12. The molecule has 0 aliphatic rings. The van der Waals surface area contributed by atoms with E-state index in [4.69, 9.17) is 4.74 Å². The lowest BCUT2D eigenvalue weighted by molar-refractivity contribution is 0.288. The predicted molar refractivity (Wildman–Crippen MR) is 86.8 cm³/mol. The summed E-state index contributed by atoms with van der Waals surface area (Å²) >= 11 is 7.13. The second-order valence-electron chi connectivity index (χ2n) is 4.41. The number of hydrogen-bond donors (Lipinski definition) is 1. The van der Waals surface area contributed by atoms with Crippen molar-refractivity contribution in [2.45, 2.75) is 20.1 Å². The first kappa shape index (κ1) is 15.5. The van der Waals surface area contributed by atoms with Gasteiger partial charge in [-0.2, -0.15) is 0 Å². The monoisotopic (exact) mass is 401 g/mol. The second kappa shape index (κ2) is 7.24. The summed E-state index contributed by atoms with van der Waals surface area (Å²) in [6.45, 7) is 4.32. The molecule has 0 amide bonds. The van der Waals surface area contributed by atoms with Crippen molar-refractivity contribution in [1.29, 1.82) is 0 Å². The molecule has 108 valence electrons. The number of nitrogens with zero attached hydrogens (tertiary/aromatic N) is 2. The Morgan fingerprint density at radius 3 is 2.55 bits per heavy atom. The zero-order valence-electron chi connectivity index (χ0n) is 11.5. The van der Waals surface area contributed by atoms with E-state index in [1.54, 1.807) is 6.20 Å². The molecular weight excluding hydrogens is 386 g/mol. The highest BCUT2D eigenvalue weighted by Crippen LogP contribution is 2.35. The third-order valence-electron chi connectivity index (χ3n) is 2.90. The van der Waals surface area contributed by atoms with Gasteiger partial charge in [0.15, 0.2) is 0 Å². The quantitative estimate of drug-likeness (QED) is 0.801. The largest absolute Gasteiger partial charge is 0.483 e. The van der Waals surface area contributed by atoms with Crippen LogP contribution in [0.5, 0.6) is 5.75 Å². The van der Waals surface area contributed by atoms with Gasteiger partial charge in [-0.05, 0) is 56.1 Å². The number of ether oxygens (including phenoxy) is 1. The summed E-state index contributed by atoms with van der Waals surface area (Å²) in [5, 5.41) is 3.30. The Morgan fingerprint density at radius 2 is 2.00 bits per heavy atom. The minimum Gasteiger partial charge on any atom is -0.483 e.